The molecule has 0 radical (unpaired) electrons. The van der Waals surface area contributed by atoms with Crippen molar-refractivity contribution in [2.24, 2.45) is 0 Å². The van der Waals surface area contributed by atoms with Gasteiger partial charge in [0.1, 0.15) is 136 Å². The molecule has 0 rings (SSSR count). The van der Waals surface area contributed by atoms with Gasteiger partial charge in [-0.05, 0) is 0 Å². The van der Waals surface area contributed by atoms with Crippen molar-refractivity contribution >= 4 is 36.2 Å². The molecule has 0 aromatic rings. The molecular weight excluding hydrogens is 952 g/mol. The van der Waals surface area contributed by atoms with Crippen molar-refractivity contribution in [2.75, 3.05) is 59.5 Å². The Morgan fingerprint density at radius 1 is 0.265 bits per heavy atom. The monoisotopic (exact) mass is 1020 g/mol. The highest BCUT2D eigenvalue weighted by molar-refractivity contribution is 5.85. The summed E-state index contributed by atoms with van der Waals surface area (Å²) in [5.41, 5.74) is 0. The van der Waals surface area contributed by atoms with Gasteiger partial charge in [-0.1, -0.05) is 0 Å². The number of carbonyl (C=O) groups excluding carboxylic acids is 6. The molecule has 0 aromatic heterocycles. The van der Waals surface area contributed by atoms with Gasteiger partial charge in [0.05, 0.1) is 39.6 Å². The van der Waals surface area contributed by atoms with Gasteiger partial charge in [0, 0.05) is 0 Å². The first-order valence-corrected chi connectivity index (χ1v) is 18.8. The number of ketones is 3. The maximum absolute atomic E-state index is 10.5. The van der Waals surface area contributed by atoms with Crippen LogP contribution < -0.4 is 0 Å². The molecule has 0 aliphatic heterocycles. The lowest BCUT2D eigenvalue weighted by Crippen LogP contribution is -2.46. The fraction of sp³-hybridized carbons (Fsp3) is 0.824. The number of aldehydes is 3. The molecule has 0 fully saturated rings. The second-order valence-corrected chi connectivity index (χ2v) is 13.0. The third kappa shape index (κ3) is 33.4. The third-order valence-corrected chi connectivity index (χ3v) is 7.73. The molecule has 0 saturated carbocycles. The van der Waals surface area contributed by atoms with Gasteiger partial charge in [0.2, 0.25) is 0 Å². The first-order valence-electron chi connectivity index (χ1n) is 18.8. The summed E-state index contributed by atoms with van der Waals surface area (Å²) >= 11 is 0. The minimum absolute atomic E-state index is 0.0258. The quantitative estimate of drug-likeness (QED) is 0.0324. The highest BCUT2D eigenvalue weighted by Crippen LogP contribution is 2.05. The predicted molar refractivity (Wildman–Crippen MR) is 211 cm³/mol. The van der Waals surface area contributed by atoms with Crippen LogP contribution in [0, 0.1) is 0 Å². The summed E-state index contributed by atoms with van der Waals surface area (Å²) in [6.07, 6.45) is -31.9. The van der Waals surface area contributed by atoms with Crippen molar-refractivity contribution in [3.63, 3.8) is 0 Å². The highest BCUT2D eigenvalue weighted by atomic mass is 16.4. The van der Waals surface area contributed by atoms with E-state index >= 15 is 0 Å². The summed E-state index contributed by atoms with van der Waals surface area (Å²) in [4.78, 5) is 60.9. The first-order chi connectivity index (χ1) is 31.4. The Hall–Kier alpha value is -3.10. The summed E-state index contributed by atoms with van der Waals surface area (Å²) in [6, 6.07) is 0. The SMILES string of the molecule is O=C(CO)[C@@H](O)[C@@H](O)[C@H](O)CO.O=C(CO)[C@@H](O)[C@H](O)CO.O=C(CO)[C@@H](O)[C@H](O)[C@H](O)CO.O=C[C@@H](O)[C@@H](O)[C@@H](O)[C@H](O)CO.O=C[C@@H](O)[C@@H](O)[C@H](O)CO.O=C[C@@H](O)[C@@H](O)[C@H](O)[C@H](O)CO. The maximum atomic E-state index is 10.5. The zero-order valence-electron chi connectivity index (χ0n) is 35.5. The van der Waals surface area contributed by atoms with E-state index in [1.54, 1.807) is 0 Å². The van der Waals surface area contributed by atoms with Crippen LogP contribution in [0.25, 0.3) is 0 Å². The van der Waals surface area contributed by atoms with Crippen LogP contribution in [0.3, 0.4) is 0 Å². The zero-order chi connectivity index (χ0) is 55.2. The number of aliphatic hydroxyl groups is 28. The first kappa shape index (κ1) is 76.4. The Morgan fingerprint density at radius 3 is 0.662 bits per heavy atom. The smallest absolute Gasteiger partial charge is 0.189 e. The van der Waals surface area contributed by atoms with Crippen LogP contribution in [0.4, 0.5) is 0 Å². The van der Waals surface area contributed by atoms with E-state index in [4.69, 9.17) is 143 Å². The molecule has 408 valence electrons. The van der Waals surface area contributed by atoms with E-state index < -0.39 is 193 Å². The normalized spacial score (nSPS) is 19.2. The fourth-order valence-electron chi connectivity index (χ4n) is 3.27. The van der Waals surface area contributed by atoms with Gasteiger partial charge >= 0.3 is 0 Å². The topological polar surface area (TPSA) is 669 Å². The van der Waals surface area contributed by atoms with Gasteiger partial charge in [-0.3, -0.25) is 14.4 Å². The van der Waals surface area contributed by atoms with Crippen molar-refractivity contribution in [2.45, 2.75) is 116 Å². The molecule has 0 unspecified atom stereocenters. The average Bonchev–Trinajstić information content (AvgIpc) is 3.38. The Labute approximate surface area is 383 Å². The Bertz CT molecular complexity index is 1200. The maximum Gasteiger partial charge on any atom is 0.189 e. The van der Waals surface area contributed by atoms with E-state index in [0.29, 0.717) is 0 Å². The average molecular weight is 1020 g/mol. The van der Waals surface area contributed by atoms with Crippen molar-refractivity contribution in [1.29, 1.82) is 0 Å². The molecular formula is C34H68O34. The molecule has 0 heterocycles. The molecule has 68 heavy (non-hydrogen) atoms. The number of hydrogen-bond acceptors (Lipinski definition) is 34. The van der Waals surface area contributed by atoms with Crippen LogP contribution in [0.2, 0.25) is 0 Å². The minimum Gasteiger partial charge on any atom is -0.394 e. The van der Waals surface area contributed by atoms with Gasteiger partial charge in [0.25, 0.3) is 0 Å². The van der Waals surface area contributed by atoms with E-state index in [0.717, 1.165) is 0 Å². The van der Waals surface area contributed by atoms with Crippen LogP contribution in [-0.4, -0.2) is 355 Å². The summed E-state index contributed by atoms with van der Waals surface area (Å²) in [7, 11) is 0. The Kier molecular flexibility index (Phi) is 50.6. The molecule has 0 saturated heterocycles. The van der Waals surface area contributed by atoms with Gasteiger partial charge in [-0.25, -0.2) is 0 Å². The van der Waals surface area contributed by atoms with Gasteiger partial charge in [-0.2, -0.15) is 0 Å². The number of Topliss-reactive ketones (excluding diaryl/α,β-unsaturated/α-hetero) is 3. The predicted octanol–water partition coefficient (Wildman–Crippen LogP) is -19.0. The Balaban J connectivity index is -0.000000170. The number of hydrogen-bond donors (Lipinski definition) is 28. The molecule has 0 amide bonds. The van der Waals surface area contributed by atoms with E-state index in [2.05, 4.69) is 0 Å². The lowest BCUT2D eigenvalue weighted by Gasteiger charge is -2.22. The second kappa shape index (κ2) is 45.1. The zero-order valence-corrected chi connectivity index (χ0v) is 35.5. The lowest BCUT2D eigenvalue weighted by molar-refractivity contribution is -0.143. The van der Waals surface area contributed by atoms with E-state index in [1.165, 1.54) is 0 Å². The summed E-state index contributed by atoms with van der Waals surface area (Å²) in [5.74, 6) is -2.91. The third-order valence-electron chi connectivity index (χ3n) is 7.73. The molecule has 28 N–H and O–H groups in total. The van der Waals surface area contributed by atoms with Gasteiger partial charge < -0.3 is 157 Å². The highest BCUT2D eigenvalue weighted by Gasteiger charge is 2.32. The number of carbonyl (C=O) groups is 6. The molecule has 0 aromatic carbocycles. The molecule has 0 spiro atoms. The minimum atomic E-state index is -1.86. The van der Waals surface area contributed by atoms with E-state index in [-0.39, 0.29) is 18.9 Å². The van der Waals surface area contributed by atoms with Crippen LogP contribution in [0.5, 0.6) is 0 Å². The fourth-order valence-corrected chi connectivity index (χ4v) is 3.27. The van der Waals surface area contributed by atoms with Crippen molar-refractivity contribution in [1.82, 2.24) is 0 Å². The molecule has 0 aliphatic carbocycles. The van der Waals surface area contributed by atoms with E-state index in [9.17, 15) is 28.8 Å². The molecule has 19 atom stereocenters. The van der Waals surface area contributed by atoms with Crippen LogP contribution in [-0.2, 0) is 28.8 Å². The summed E-state index contributed by atoms with van der Waals surface area (Å²) in [5, 5.41) is 241. The van der Waals surface area contributed by atoms with Crippen molar-refractivity contribution in [3.05, 3.63) is 0 Å². The van der Waals surface area contributed by atoms with E-state index in [1.807, 2.05) is 0 Å². The molecule has 34 heteroatoms. The number of aliphatic hydroxyl groups excluding tert-OH is 28. The van der Waals surface area contributed by atoms with Crippen LogP contribution >= 0.6 is 0 Å². The van der Waals surface area contributed by atoms with Crippen molar-refractivity contribution < 1.29 is 172 Å². The van der Waals surface area contributed by atoms with Crippen LogP contribution in [0.15, 0.2) is 0 Å². The molecule has 0 aliphatic rings. The Morgan fingerprint density at radius 2 is 0.456 bits per heavy atom. The summed E-state index contributed by atoms with van der Waals surface area (Å²) < 4.78 is 0. The van der Waals surface area contributed by atoms with Crippen molar-refractivity contribution in [3.8, 4) is 0 Å². The van der Waals surface area contributed by atoms with Gasteiger partial charge in [0.15, 0.2) is 36.2 Å². The molecule has 34 nitrogen and oxygen atoms in total. The standard InChI is InChI=1S/4C6H12O6.2C5H10O5/c4*7-1-3(9)5(11)6(12)4(10)2-8;2*6-1-3(8)5(10)4(9)2-7/h2*3,5-9,11-12H,1-2H2;2*1,3-6,8-12H,2H2;3,5-8,10H,1-2H2;1,3-5,7-10H,2H2/t3-,5+,6-;3-,5-,6-;3-,4-,5-,6+;3-,4-,5-,6-;3-,5+;3-,4-,5-/m111111/s1. The van der Waals surface area contributed by atoms with Gasteiger partial charge in [-0.15, -0.1) is 0 Å². The molecule has 0 bridgehead atoms. The van der Waals surface area contributed by atoms with Crippen LogP contribution in [0.1, 0.15) is 0 Å². The second-order valence-electron chi connectivity index (χ2n) is 13.0. The lowest BCUT2D eigenvalue weighted by atomic mass is 10.0. The summed E-state index contributed by atoms with van der Waals surface area (Å²) in [6.45, 7) is -7.12. The largest absolute Gasteiger partial charge is 0.394 e. The number of rotatable bonds is 28.